The third-order valence-electron chi connectivity index (χ3n) is 4.19. The van der Waals surface area contributed by atoms with Crippen molar-refractivity contribution in [3.8, 4) is 0 Å². The summed E-state index contributed by atoms with van der Waals surface area (Å²) in [7, 11) is 0. The summed E-state index contributed by atoms with van der Waals surface area (Å²) in [4.78, 5) is 0. The monoisotopic (exact) mass is 268 g/mol. The number of rotatable bonds is 6. The molecule has 0 fully saturated rings. The highest BCUT2D eigenvalue weighted by Gasteiger charge is 2.28. The van der Waals surface area contributed by atoms with Gasteiger partial charge in [0.15, 0.2) is 0 Å². The van der Waals surface area contributed by atoms with Crippen LogP contribution in [-0.2, 0) is 0 Å². The molecule has 1 unspecified atom stereocenters. The Bertz CT molecular complexity index is 448. The van der Waals surface area contributed by atoms with Crippen LogP contribution < -0.4 is 0 Å². The molecule has 1 nitrogen and oxygen atoms in total. The van der Waals surface area contributed by atoms with E-state index in [0.29, 0.717) is 5.92 Å². The molecule has 2 aromatic rings. The molecule has 0 saturated carbocycles. The molecule has 1 heteroatoms. The Kier molecular flexibility index (Phi) is 5.37. The van der Waals surface area contributed by atoms with Gasteiger partial charge in [-0.1, -0.05) is 87.4 Å². The van der Waals surface area contributed by atoms with Crippen LogP contribution in [-0.4, -0.2) is 11.2 Å². The first-order valence-corrected chi connectivity index (χ1v) is 7.55. The predicted molar refractivity (Wildman–Crippen MR) is 84.8 cm³/mol. The molecule has 0 heterocycles. The molecule has 2 aromatic carbocycles. The Labute approximate surface area is 122 Å². The second kappa shape index (κ2) is 7.25. The standard InChI is InChI=1S/C19H24O/c1-3-15(4-2)19(20)18(16-11-7-5-8-12-16)17-13-9-6-10-14-17/h5-15,18-20H,3-4H2,1-2H3. The summed E-state index contributed by atoms with van der Waals surface area (Å²) in [6.07, 6.45) is 1.68. The molecule has 0 aliphatic rings. The molecule has 2 rings (SSSR count). The average molecular weight is 268 g/mol. The highest BCUT2D eigenvalue weighted by atomic mass is 16.3. The van der Waals surface area contributed by atoms with Gasteiger partial charge in [0.25, 0.3) is 0 Å². The molecule has 1 atom stereocenters. The maximum absolute atomic E-state index is 10.9. The second-order valence-electron chi connectivity index (χ2n) is 5.37. The van der Waals surface area contributed by atoms with Gasteiger partial charge >= 0.3 is 0 Å². The molecule has 0 bridgehead atoms. The van der Waals surface area contributed by atoms with Gasteiger partial charge < -0.3 is 5.11 Å². The van der Waals surface area contributed by atoms with Crippen molar-refractivity contribution >= 4 is 0 Å². The number of aliphatic hydroxyl groups excluding tert-OH is 1. The van der Waals surface area contributed by atoms with E-state index < -0.39 is 0 Å². The van der Waals surface area contributed by atoms with Crippen LogP contribution in [0, 0.1) is 5.92 Å². The molecule has 0 saturated heterocycles. The van der Waals surface area contributed by atoms with Crippen LogP contribution in [0.3, 0.4) is 0 Å². The van der Waals surface area contributed by atoms with E-state index in [9.17, 15) is 5.11 Å². The number of hydrogen-bond donors (Lipinski definition) is 1. The molecule has 0 aliphatic heterocycles. The lowest BCUT2D eigenvalue weighted by molar-refractivity contribution is 0.0871. The van der Waals surface area contributed by atoms with E-state index in [4.69, 9.17) is 0 Å². The largest absolute Gasteiger partial charge is 0.392 e. The Morgan fingerprint density at radius 1 is 0.750 bits per heavy atom. The van der Waals surface area contributed by atoms with Gasteiger partial charge in [0.05, 0.1) is 6.10 Å². The van der Waals surface area contributed by atoms with Gasteiger partial charge in [0, 0.05) is 5.92 Å². The predicted octanol–water partition coefficient (Wildman–Crippen LogP) is 4.62. The third-order valence-corrected chi connectivity index (χ3v) is 4.19. The first-order valence-electron chi connectivity index (χ1n) is 7.55. The Morgan fingerprint density at radius 2 is 1.15 bits per heavy atom. The molecule has 0 spiro atoms. The van der Waals surface area contributed by atoms with Gasteiger partial charge in [-0.05, 0) is 17.0 Å². The van der Waals surface area contributed by atoms with Crippen molar-refractivity contribution in [3.05, 3.63) is 71.8 Å². The first-order chi connectivity index (χ1) is 9.77. The topological polar surface area (TPSA) is 20.2 Å². The van der Waals surface area contributed by atoms with E-state index >= 15 is 0 Å². The van der Waals surface area contributed by atoms with Gasteiger partial charge in [-0.15, -0.1) is 0 Å². The minimum absolute atomic E-state index is 0.0577. The van der Waals surface area contributed by atoms with Gasteiger partial charge in [0.1, 0.15) is 0 Å². The third kappa shape index (κ3) is 3.29. The van der Waals surface area contributed by atoms with Crippen molar-refractivity contribution in [1.82, 2.24) is 0 Å². The summed E-state index contributed by atoms with van der Waals surface area (Å²) in [5.74, 6) is 0.391. The van der Waals surface area contributed by atoms with E-state index in [0.717, 1.165) is 12.8 Å². The van der Waals surface area contributed by atoms with E-state index in [2.05, 4.69) is 38.1 Å². The van der Waals surface area contributed by atoms with Gasteiger partial charge in [-0.3, -0.25) is 0 Å². The molecule has 0 amide bonds. The molecule has 0 aromatic heterocycles. The van der Waals surface area contributed by atoms with Crippen LogP contribution in [0.15, 0.2) is 60.7 Å². The maximum Gasteiger partial charge on any atom is 0.0677 e. The molecule has 1 N–H and O–H groups in total. The summed E-state index contributed by atoms with van der Waals surface area (Å²) in [5.41, 5.74) is 2.39. The minimum atomic E-state index is -0.338. The lowest BCUT2D eigenvalue weighted by Gasteiger charge is -2.29. The van der Waals surface area contributed by atoms with Crippen molar-refractivity contribution in [2.45, 2.75) is 38.7 Å². The Hall–Kier alpha value is -1.60. The van der Waals surface area contributed by atoms with Crippen molar-refractivity contribution < 1.29 is 5.11 Å². The lowest BCUT2D eigenvalue weighted by Crippen LogP contribution is -2.28. The van der Waals surface area contributed by atoms with E-state index in [1.165, 1.54) is 11.1 Å². The second-order valence-corrected chi connectivity index (χ2v) is 5.37. The van der Waals surface area contributed by atoms with E-state index in [1.807, 2.05) is 36.4 Å². The fourth-order valence-electron chi connectivity index (χ4n) is 2.95. The minimum Gasteiger partial charge on any atom is -0.392 e. The van der Waals surface area contributed by atoms with Crippen molar-refractivity contribution in [2.75, 3.05) is 0 Å². The van der Waals surface area contributed by atoms with Crippen LogP contribution in [0.1, 0.15) is 43.7 Å². The van der Waals surface area contributed by atoms with Crippen LogP contribution >= 0.6 is 0 Å². The quantitative estimate of drug-likeness (QED) is 0.810. The number of benzene rings is 2. The number of aliphatic hydroxyl groups is 1. The van der Waals surface area contributed by atoms with Gasteiger partial charge in [-0.2, -0.15) is 0 Å². The lowest BCUT2D eigenvalue weighted by atomic mass is 9.79. The zero-order chi connectivity index (χ0) is 14.4. The van der Waals surface area contributed by atoms with E-state index in [-0.39, 0.29) is 12.0 Å². The first kappa shape index (κ1) is 14.8. The fourth-order valence-corrected chi connectivity index (χ4v) is 2.95. The van der Waals surface area contributed by atoms with Crippen molar-refractivity contribution in [2.24, 2.45) is 5.92 Å². The average Bonchev–Trinajstić information content (AvgIpc) is 2.51. The molecular weight excluding hydrogens is 244 g/mol. The highest BCUT2D eigenvalue weighted by Crippen LogP contribution is 2.33. The molecule has 0 aliphatic carbocycles. The van der Waals surface area contributed by atoms with Crippen LogP contribution in [0.25, 0.3) is 0 Å². The van der Waals surface area contributed by atoms with E-state index in [1.54, 1.807) is 0 Å². The summed E-state index contributed by atoms with van der Waals surface area (Å²) in [6.45, 7) is 4.31. The Morgan fingerprint density at radius 3 is 1.50 bits per heavy atom. The van der Waals surface area contributed by atoms with Crippen LogP contribution in [0.2, 0.25) is 0 Å². The van der Waals surface area contributed by atoms with Crippen LogP contribution in [0.5, 0.6) is 0 Å². The summed E-state index contributed by atoms with van der Waals surface area (Å²) in [5, 5.41) is 10.9. The highest BCUT2D eigenvalue weighted by molar-refractivity contribution is 5.33. The molecule has 0 radical (unpaired) electrons. The SMILES string of the molecule is CCC(CC)C(O)C(c1ccccc1)c1ccccc1. The Balaban J connectivity index is 2.40. The van der Waals surface area contributed by atoms with Gasteiger partial charge in [0.2, 0.25) is 0 Å². The molecular formula is C19H24O. The molecule has 106 valence electrons. The normalized spacial score (nSPS) is 12.8. The number of hydrogen-bond acceptors (Lipinski definition) is 1. The maximum atomic E-state index is 10.9. The van der Waals surface area contributed by atoms with Crippen molar-refractivity contribution in [1.29, 1.82) is 0 Å². The summed E-state index contributed by atoms with van der Waals surface area (Å²) < 4.78 is 0. The zero-order valence-corrected chi connectivity index (χ0v) is 12.4. The van der Waals surface area contributed by atoms with Gasteiger partial charge in [-0.25, -0.2) is 0 Å². The molecule has 20 heavy (non-hydrogen) atoms. The fraction of sp³-hybridized carbons (Fsp3) is 0.368. The summed E-state index contributed by atoms with van der Waals surface area (Å²) in [6, 6.07) is 20.7. The summed E-state index contributed by atoms with van der Waals surface area (Å²) >= 11 is 0. The van der Waals surface area contributed by atoms with Crippen LogP contribution in [0.4, 0.5) is 0 Å². The van der Waals surface area contributed by atoms with Crippen molar-refractivity contribution in [3.63, 3.8) is 0 Å². The smallest absolute Gasteiger partial charge is 0.0677 e. The zero-order valence-electron chi connectivity index (χ0n) is 12.4.